The Labute approximate surface area is 230 Å². The minimum atomic E-state index is -1.08. The highest BCUT2D eigenvalue weighted by Gasteiger charge is 2.35. The summed E-state index contributed by atoms with van der Waals surface area (Å²) in [5.74, 6) is -2.00. The molecule has 12 heteroatoms. The molecule has 2 aliphatic rings. The lowest BCUT2D eigenvalue weighted by molar-refractivity contribution is -0.161. The van der Waals surface area contributed by atoms with E-state index in [4.69, 9.17) is 23.7 Å². The monoisotopic (exact) mass is 560 g/mol. The smallest absolute Gasteiger partial charge is 0.397 e. The molecule has 1 aromatic heterocycles. The lowest BCUT2D eigenvalue weighted by atomic mass is 10.0. The van der Waals surface area contributed by atoms with Crippen LogP contribution in [0.3, 0.4) is 0 Å². The predicted octanol–water partition coefficient (Wildman–Crippen LogP) is 3.76. The van der Waals surface area contributed by atoms with Crippen LogP contribution in [0.2, 0.25) is 0 Å². The number of carbonyl (C=O) groups is 4. The molecule has 1 aromatic carbocycles. The third-order valence-electron chi connectivity index (χ3n) is 5.50. The fraction of sp³-hybridized carbons (Fsp3) is 0.481. The van der Waals surface area contributed by atoms with Crippen LogP contribution in [-0.2, 0) is 30.2 Å². The van der Waals surface area contributed by atoms with Crippen LogP contribution < -0.4 is 20.1 Å². The standard InChI is InChI=1S/C27H32N2O9S/c1-26(2,3)37-24(32)19-15-9-10-34-18(12-28-21(30)14-7-8-16-17(11-14)36-13-35-16)20(15)39-23(19)29-22(31)25(33)38-27(4,5)6/h7-8,11,18H,9-10,12-13H2,1-6H3,(H,28,30)(H,29,31). The van der Waals surface area contributed by atoms with Gasteiger partial charge in [0.1, 0.15) is 22.3 Å². The molecule has 0 bridgehead atoms. The van der Waals surface area contributed by atoms with Crippen molar-refractivity contribution >= 4 is 40.1 Å². The Kier molecular flexibility index (Phi) is 7.89. The maximum Gasteiger partial charge on any atom is 0.397 e. The molecule has 2 amide bonds. The Hall–Kier alpha value is -3.64. The van der Waals surface area contributed by atoms with E-state index in [0.29, 0.717) is 33.9 Å². The van der Waals surface area contributed by atoms with Gasteiger partial charge in [-0.2, -0.15) is 0 Å². The summed E-state index contributed by atoms with van der Waals surface area (Å²) < 4.78 is 27.3. The van der Waals surface area contributed by atoms with Gasteiger partial charge in [-0.05, 0) is 71.7 Å². The van der Waals surface area contributed by atoms with Crippen molar-refractivity contribution in [2.75, 3.05) is 25.3 Å². The van der Waals surface area contributed by atoms with Gasteiger partial charge in [0, 0.05) is 17.0 Å². The molecule has 0 radical (unpaired) electrons. The number of nitrogens with one attached hydrogen (secondary N) is 2. The number of amides is 2. The summed E-state index contributed by atoms with van der Waals surface area (Å²) >= 11 is 1.10. The lowest BCUT2D eigenvalue weighted by Crippen LogP contribution is -2.33. The number of hydrogen-bond acceptors (Lipinski definition) is 10. The molecule has 39 heavy (non-hydrogen) atoms. The SMILES string of the molecule is CC(C)(C)OC(=O)C(=O)Nc1sc2c(c1C(=O)OC(C)(C)C)CCOC2CNC(=O)c1ccc2c(c1)OCO2. The summed E-state index contributed by atoms with van der Waals surface area (Å²) in [6.45, 7) is 10.6. The first-order chi connectivity index (χ1) is 18.2. The zero-order chi connectivity index (χ0) is 28.5. The Bertz CT molecular complexity index is 1300. The average Bonchev–Trinajstić information content (AvgIpc) is 3.44. The summed E-state index contributed by atoms with van der Waals surface area (Å²) in [4.78, 5) is 51.7. The zero-order valence-corrected chi connectivity index (χ0v) is 23.5. The summed E-state index contributed by atoms with van der Waals surface area (Å²) in [7, 11) is 0. The number of fused-ring (bicyclic) bond motifs is 2. The van der Waals surface area contributed by atoms with Crippen molar-refractivity contribution in [2.45, 2.75) is 65.3 Å². The second kappa shape index (κ2) is 10.9. The van der Waals surface area contributed by atoms with E-state index >= 15 is 0 Å². The molecule has 0 saturated heterocycles. The summed E-state index contributed by atoms with van der Waals surface area (Å²) in [5, 5.41) is 5.53. The molecule has 11 nitrogen and oxygen atoms in total. The van der Waals surface area contributed by atoms with Gasteiger partial charge in [-0.25, -0.2) is 9.59 Å². The van der Waals surface area contributed by atoms with Gasteiger partial charge in [0.05, 0.1) is 12.2 Å². The quantitative estimate of drug-likeness (QED) is 0.413. The summed E-state index contributed by atoms with van der Waals surface area (Å²) in [5.41, 5.74) is -0.464. The van der Waals surface area contributed by atoms with Gasteiger partial charge in [0.15, 0.2) is 11.5 Å². The number of benzene rings is 1. The van der Waals surface area contributed by atoms with Crippen molar-refractivity contribution in [3.63, 3.8) is 0 Å². The van der Waals surface area contributed by atoms with Crippen LogP contribution in [0.4, 0.5) is 5.00 Å². The highest BCUT2D eigenvalue weighted by molar-refractivity contribution is 7.17. The molecule has 2 N–H and O–H groups in total. The highest BCUT2D eigenvalue weighted by atomic mass is 32.1. The minimum absolute atomic E-state index is 0.101. The molecule has 1 atom stereocenters. The van der Waals surface area contributed by atoms with Crippen molar-refractivity contribution in [2.24, 2.45) is 0 Å². The van der Waals surface area contributed by atoms with E-state index < -0.39 is 35.2 Å². The van der Waals surface area contributed by atoms with E-state index in [-0.39, 0.29) is 36.4 Å². The van der Waals surface area contributed by atoms with Crippen LogP contribution >= 0.6 is 11.3 Å². The second-order valence-corrected chi connectivity index (χ2v) is 12.0. The van der Waals surface area contributed by atoms with Crippen molar-refractivity contribution in [3.05, 3.63) is 39.8 Å². The van der Waals surface area contributed by atoms with E-state index in [9.17, 15) is 19.2 Å². The number of ether oxygens (including phenoxy) is 5. The van der Waals surface area contributed by atoms with Crippen molar-refractivity contribution in [1.29, 1.82) is 0 Å². The average molecular weight is 561 g/mol. The molecule has 0 saturated carbocycles. The Morgan fingerprint density at radius 3 is 2.38 bits per heavy atom. The molecule has 2 aromatic rings. The molecule has 0 spiro atoms. The molecular formula is C27H32N2O9S. The van der Waals surface area contributed by atoms with E-state index in [0.717, 1.165) is 11.3 Å². The summed E-state index contributed by atoms with van der Waals surface area (Å²) in [6.07, 6.45) is -0.208. The molecular weight excluding hydrogens is 528 g/mol. The Morgan fingerprint density at radius 1 is 1.00 bits per heavy atom. The highest BCUT2D eigenvalue weighted by Crippen LogP contribution is 2.42. The fourth-order valence-corrected chi connectivity index (χ4v) is 5.24. The van der Waals surface area contributed by atoms with Crippen LogP contribution in [0.25, 0.3) is 0 Å². The number of anilines is 1. The van der Waals surface area contributed by atoms with Gasteiger partial charge < -0.3 is 34.3 Å². The summed E-state index contributed by atoms with van der Waals surface area (Å²) in [6, 6.07) is 4.89. The number of esters is 2. The molecule has 0 aliphatic carbocycles. The lowest BCUT2D eigenvalue weighted by Gasteiger charge is -2.25. The van der Waals surface area contributed by atoms with Gasteiger partial charge >= 0.3 is 17.8 Å². The number of carbonyl (C=O) groups excluding carboxylic acids is 4. The van der Waals surface area contributed by atoms with E-state index in [2.05, 4.69) is 10.6 Å². The number of hydrogen-bond donors (Lipinski definition) is 2. The molecule has 2 aliphatic heterocycles. The second-order valence-electron chi connectivity index (χ2n) is 11.0. The van der Waals surface area contributed by atoms with Crippen LogP contribution in [0.5, 0.6) is 11.5 Å². The molecule has 1 unspecified atom stereocenters. The van der Waals surface area contributed by atoms with E-state index in [1.54, 1.807) is 59.7 Å². The Morgan fingerprint density at radius 2 is 1.69 bits per heavy atom. The number of thiophene rings is 1. The van der Waals surface area contributed by atoms with Gasteiger partial charge in [-0.1, -0.05) is 0 Å². The van der Waals surface area contributed by atoms with Crippen LogP contribution in [-0.4, -0.2) is 54.9 Å². The first-order valence-electron chi connectivity index (χ1n) is 12.4. The van der Waals surface area contributed by atoms with Gasteiger partial charge in [0.25, 0.3) is 5.91 Å². The topological polar surface area (TPSA) is 138 Å². The minimum Gasteiger partial charge on any atom is -0.456 e. The first-order valence-corrected chi connectivity index (χ1v) is 13.3. The normalized spacial score (nSPS) is 16.2. The third kappa shape index (κ3) is 6.87. The zero-order valence-electron chi connectivity index (χ0n) is 22.7. The van der Waals surface area contributed by atoms with Gasteiger partial charge in [-0.3, -0.25) is 9.59 Å². The molecule has 210 valence electrons. The van der Waals surface area contributed by atoms with Gasteiger partial charge in [-0.15, -0.1) is 11.3 Å². The number of rotatable bonds is 5. The Balaban J connectivity index is 1.57. The van der Waals surface area contributed by atoms with E-state index in [1.165, 1.54) is 0 Å². The maximum atomic E-state index is 13.2. The molecule has 3 heterocycles. The molecule has 0 fully saturated rings. The predicted molar refractivity (Wildman–Crippen MR) is 141 cm³/mol. The maximum absolute atomic E-state index is 13.2. The van der Waals surface area contributed by atoms with Crippen molar-refractivity contribution < 1.29 is 42.9 Å². The van der Waals surface area contributed by atoms with Crippen LogP contribution in [0, 0.1) is 0 Å². The van der Waals surface area contributed by atoms with E-state index in [1.807, 2.05) is 0 Å². The van der Waals surface area contributed by atoms with Crippen molar-refractivity contribution in [3.8, 4) is 11.5 Å². The van der Waals surface area contributed by atoms with Crippen LogP contribution in [0.15, 0.2) is 18.2 Å². The molecule has 4 rings (SSSR count). The van der Waals surface area contributed by atoms with Crippen molar-refractivity contribution in [1.82, 2.24) is 5.32 Å². The third-order valence-corrected chi connectivity index (χ3v) is 6.74. The van der Waals surface area contributed by atoms with Gasteiger partial charge in [0.2, 0.25) is 6.79 Å². The largest absolute Gasteiger partial charge is 0.456 e. The first kappa shape index (κ1) is 28.4. The van der Waals surface area contributed by atoms with Crippen LogP contribution in [0.1, 0.15) is 78.8 Å². The fourth-order valence-electron chi connectivity index (χ4n) is 3.96.